The third kappa shape index (κ3) is 3.20. The van der Waals surface area contributed by atoms with Crippen LogP contribution in [0.4, 0.5) is 0 Å². The first kappa shape index (κ1) is 13.2. The Morgan fingerprint density at radius 3 is 1.89 bits per heavy atom. The van der Waals surface area contributed by atoms with Crippen molar-refractivity contribution in [2.45, 2.75) is 58.5 Å². The molecule has 1 nitrogen and oxygen atoms in total. The van der Waals surface area contributed by atoms with Crippen LogP contribution in [-0.4, -0.2) is 6.04 Å². The first-order valence-corrected chi connectivity index (χ1v) is 7.87. The Balaban J connectivity index is 1.79. The van der Waals surface area contributed by atoms with Crippen molar-refractivity contribution in [3.8, 4) is 0 Å². The van der Waals surface area contributed by atoms with Gasteiger partial charge in [-0.15, -0.1) is 0 Å². The highest BCUT2D eigenvalue weighted by Crippen LogP contribution is 2.46. The molecule has 19 heavy (non-hydrogen) atoms. The normalized spacial score (nSPS) is 21.7. The van der Waals surface area contributed by atoms with E-state index in [1.807, 2.05) is 0 Å². The lowest BCUT2D eigenvalue weighted by atomic mass is 9.81. The molecule has 3 rings (SSSR count). The van der Waals surface area contributed by atoms with Gasteiger partial charge in [-0.2, -0.15) is 0 Å². The lowest BCUT2D eigenvalue weighted by Gasteiger charge is -2.36. The van der Waals surface area contributed by atoms with Crippen molar-refractivity contribution in [2.75, 3.05) is 0 Å². The van der Waals surface area contributed by atoms with Crippen molar-refractivity contribution >= 4 is 0 Å². The Morgan fingerprint density at radius 1 is 0.947 bits per heavy atom. The zero-order valence-corrected chi connectivity index (χ0v) is 12.5. The fourth-order valence-corrected chi connectivity index (χ4v) is 3.25. The summed E-state index contributed by atoms with van der Waals surface area (Å²) in [5, 5.41) is 4.03. The van der Waals surface area contributed by atoms with Crippen LogP contribution < -0.4 is 5.32 Å². The van der Waals surface area contributed by atoms with E-state index in [-0.39, 0.29) is 5.41 Å². The third-order valence-electron chi connectivity index (χ3n) is 4.62. The molecule has 2 saturated carbocycles. The molecule has 2 fully saturated rings. The Labute approximate surface area is 117 Å². The largest absolute Gasteiger partial charge is 0.306 e. The van der Waals surface area contributed by atoms with Gasteiger partial charge in [-0.25, -0.2) is 0 Å². The van der Waals surface area contributed by atoms with Gasteiger partial charge in [0.2, 0.25) is 0 Å². The number of hydrogen-bond acceptors (Lipinski definition) is 1. The molecule has 1 heteroatoms. The van der Waals surface area contributed by atoms with Crippen molar-refractivity contribution < 1.29 is 0 Å². The Hall–Kier alpha value is -0.820. The molecule has 0 aromatic heterocycles. The second-order valence-electron chi connectivity index (χ2n) is 7.58. The van der Waals surface area contributed by atoms with E-state index in [1.54, 1.807) is 0 Å². The summed E-state index contributed by atoms with van der Waals surface area (Å²) in [6, 6.07) is 12.2. The maximum Gasteiger partial charge on any atom is 0.0371 e. The quantitative estimate of drug-likeness (QED) is 0.816. The van der Waals surface area contributed by atoms with E-state index in [1.165, 1.54) is 31.2 Å². The van der Waals surface area contributed by atoms with E-state index in [0.717, 1.165) is 17.9 Å². The molecule has 1 N–H and O–H groups in total. The van der Waals surface area contributed by atoms with Crippen LogP contribution in [-0.2, 0) is 0 Å². The minimum Gasteiger partial charge on any atom is -0.306 e. The minimum atomic E-state index is 0.267. The van der Waals surface area contributed by atoms with Crippen LogP contribution in [0, 0.1) is 17.3 Å². The van der Waals surface area contributed by atoms with Crippen molar-refractivity contribution in [1.82, 2.24) is 5.32 Å². The average molecular weight is 257 g/mol. The molecule has 1 atom stereocenters. The number of nitrogens with one attached hydrogen (secondary N) is 1. The molecule has 0 heterocycles. The van der Waals surface area contributed by atoms with Gasteiger partial charge in [0.25, 0.3) is 0 Å². The standard InChI is InChI=1S/C18H27N/c1-18(2,3)17(15-7-5-4-6-8-15)19-16(13-9-10-13)14-11-12-14/h4-8,13-14,16-17,19H,9-12H2,1-3H3. The van der Waals surface area contributed by atoms with E-state index in [2.05, 4.69) is 56.4 Å². The van der Waals surface area contributed by atoms with E-state index < -0.39 is 0 Å². The van der Waals surface area contributed by atoms with Gasteiger partial charge in [0.15, 0.2) is 0 Å². The maximum absolute atomic E-state index is 4.03. The summed E-state index contributed by atoms with van der Waals surface area (Å²) in [5.41, 5.74) is 1.71. The van der Waals surface area contributed by atoms with Crippen LogP contribution in [0.5, 0.6) is 0 Å². The van der Waals surface area contributed by atoms with Crippen molar-refractivity contribution in [2.24, 2.45) is 17.3 Å². The first-order valence-electron chi connectivity index (χ1n) is 7.87. The SMILES string of the molecule is CC(C)(C)C(NC(C1CC1)C1CC1)c1ccccc1. The summed E-state index contributed by atoms with van der Waals surface area (Å²) in [5.74, 6) is 1.92. The topological polar surface area (TPSA) is 12.0 Å². The molecule has 0 spiro atoms. The second kappa shape index (κ2) is 4.94. The number of benzene rings is 1. The molecule has 0 bridgehead atoms. The molecular formula is C18H27N. The fourth-order valence-electron chi connectivity index (χ4n) is 3.25. The van der Waals surface area contributed by atoms with E-state index in [4.69, 9.17) is 0 Å². The molecule has 2 aliphatic carbocycles. The Bertz CT molecular complexity index is 397. The second-order valence-corrected chi connectivity index (χ2v) is 7.58. The highest BCUT2D eigenvalue weighted by molar-refractivity contribution is 5.21. The zero-order chi connectivity index (χ0) is 13.5. The van der Waals surface area contributed by atoms with E-state index in [9.17, 15) is 0 Å². The Kier molecular flexibility index (Phi) is 3.42. The monoisotopic (exact) mass is 257 g/mol. The number of hydrogen-bond donors (Lipinski definition) is 1. The summed E-state index contributed by atoms with van der Waals surface area (Å²) in [4.78, 5) is 0. The van der Waals surface area contributed by atoms with Crippen molar-refractivity contribution in [1.29, 1.82) is 0 Å². The van der Waals surface area contributed by atoms with E-state index in [0.29, 0.717) is 6.04 Å². The first-order chi connectivity index (χ1) is 9.05. The molecule has 1 aromatic carbocycles. The maximum atomic E-state index is 4.03. The predicted molar refractivity (Wildman–Crippen MR) is 81.0 cm³/mol. The van der Waals surface area contributed by atoms with Gasteiger partial charge in [-0.1, -0.05) is 51.1 Å². The number of rotatable bonds is 5. The summed E-state index contributed by atoms with van der Waals surface area (Å²) in [6.45, 7) is 7.07. The molecule has 1 aromatic rings. The highest BCUT2D eigenvalue weighted by atomic mass is 15.0. The van der Waals surface area contributed by atoms with Gasteiger partial charge in [0.05, 0.1) is 0 Å². The molecule has 0 saturated heterocycles. The van der Waals surface area contributed by atoms with Gasteiger partial charge in [0, 0.05) is 12.1 Å². The van der Waals surface area contributed by atoms with Gasteiger partial charge in [0.1, 0.15) is 0 Å². The van der Waals surface area contributed by atoms with Crippen LogP contribution in [0.1, 0.15) is 58.1 Å². The van der Waals surface area contributed by atoms with Gasteiger partial charge < -0.3 is 5.32 Å². The lowest BCUT2D eigenvalue weighted by Crippen LogP contribution is -2.41. The summed E-state index contributed by atoms with van der Waals surface area (Å²) in [6.07, 6.45) is 5.78. The summed E-state index contributed by atoms with van der Waals surface area (Å²) in [7, 11) is 0. The van der Waals surface area contributed by atoms with Gasteiger partial charge in [-0.05, 0) is 48.5 Å². The van der Waals surface area contributed by atoms with Crippen LogP contribution in [0.2, 0.25) is 0 Å². The lowest BCUT2D eigenvalue weighted by molar-refractivity contribution is 0.229. The van der Waals surface area contributed by atoms with Crippen molar-refractivity contribution in [3.05, 3.63) is 35.9 Å². The molecule has 0 amide bonds. The van der Waals surface area contributed by atoms with Crippen LogP contribution >= 0.6 is 0 Å². The third-order valence-corrected chi connectivity index (χ3v) is 4.62. The average Bonchev–Trinajstić information content (AvgIpc) is 3.23. The smallest absolute Gasteiger partial charge is 0.0371 e. The molecule has 1 unspecified atom stereocenters. The minimum absolute atomic E-state index is 0.267. The Morgan fingerprint density at radius 2 is 1.47 bits per heavy atom. The van der Waals surface area contributed by atoms with E-state index >= 15 is 0 Å². The molecule has 0 radical (unpaired) electrons. The van der Waals surface area contributed by atoms with Crippen LogP contribution in [0.15, 0.2) is 30.3 Å². The van der Waals surface area contributed by atoms with Crippen LogP contribution in [0.3, 0.4) is 0 Å². The predicted octanol–water partition coefficient (Wildman–Crippen LogP) is 4.55. The molecule has 0 aliphatic heterocycles. The zero-order valence-electron chi connectivity index (χ0n) is 12.5. The fraction of sp³-hybridized carbons (Fsp3) is 0.667. The molecular weight excluding hydrogens is 230 g/mol. The summed E-state index contributed by atoms with van der Waals surface area (Å²) >= 11 is 0. The highest BCUT2D eigenvalue weighted by Gasteiger charge is 2.43. The van der Waals surface area contributed by atoms with Crippen molar-refractivity contribution in [3.63, 3.8) is 0 Å². The van der Waals surface area contributed by atoms with Crippen LogP contribution in [0.25, 0.3) is 0 Å². The van der Waals surface area contributed by atoms with Gasteiger partial charge in [-0.3, -0.25) is 0 Å². The molecule has 2 aliphatic rings. The summed E-state index contributed by atoms with van der Waals surface area (Å²) < 4.78 is 0. The van der Waals surface area contributed by atoms with Gasteiger partial charge >= 0.3 is 0 Å². The molecule has 104 valence electrons.